The van der Waals surface area contributed by atoms with Gasteiger partial charge in [0, 0.05) is 44.3 Å². The van der Waals surface area contributed by atoms with Crippen molar-refractivity contribution in [1.82, 2.24) is 20.2 Å². The minimum atomic E-state index is -0.0970. The number of carbonyl (C=O) groups excluding carboxylic acids is 1. The monoisotopic (exact) mass is 382 g/mol. The molecular weight excluding hydrogens is 352 g/mol. The lowest BCUT2D eigenvalue weighted by molar-refractivity contribution is -0.123. The standard InChI is InChI=1S/C22H30N4O2/c1-3-18-24-13-15-26(18)14-8-19(27)25-20-16-6-4-5-7-17(16)22(21(20)28-2)9-11-23-12-10-22/h4-7,13,15,20-21,23H,3,8-12,14H2,1-2H3,(H,25,27)/t20-,21+/m0/s1. The Balaban J connectivity index is 1.52. The highest BCUT2D eigenvalue weighted by molar-refractivity contribution is 5.77. The zero-order valence-corrected chi connectivity index (χ0v) is 16.8. The van der Waals surface area contributed by atoms with Gasteiger partial charge in [-0.1, -0.05) is 31.2 Å². The van der Waals surface area contributed by atoms with Gasteiger partial charge in [-0.05, 0) is 37.1 Å². The first-order chi connectivity index (χ1) is 13.7. The van der Waals surface area contributed by atoms with Crippen LogP contribution < -0.4 is 10.6 Å². The van der Waals surface area contributed by atoms with Crippen LogP contribution in [0.15, 0.2) is 36.7 Å². The second-order valence-electron chi connectivity index (χ2n) is 7.84. The summed E-state index contributed by atoms with van der Waals surface area (Å²) >= 11 is 0. The van der Waals surface area contributed by atoms with Gasteiger partial charge in [-0.2, -0.15) is 0 Å². The summed E-state index contributed by atoms with van der Waals surface area (Å²) in [6, 6.07) is 8.43. The zero-order valence-electron chi connectivity index (χ0n) is 16.8. The summed E-state index contributed by atoms with van der Waals surface area (Å²) in [5, 5.41) is 6.75. The Morgan fingerprint density at radius 1 is 1.36 bits per heavy atom. The SMILES string of the molecule is CCc1nccn1CCC(=O)N[C@H]1c2ccccc2C2(CCNCC2)[C@@H]1OC. The van der Waals surface area contributed by atoms with Crippen LogP contribution in [-0.2, 0) is 27.9 Å². The van der Waals surface area contributed by atoms with Crippen molar-refractivity contribution in [3.8, 4) is 0 Å². The molecule has 0 unspecified atom stereocenters. The predicted molar refractivity (Wildman–Crippen MR) is 108 cm³/mol. The topological polar surface area (TPSA) is 68.2 Å². The Labute approximate surface area is 166 Å². The smallest absolute Gasteiger partial charge is 0.222 e. The van der Waals surface area contributed by atoms with Crippen LogP contribution >= 0.6 is 0 Å². The van der Waals surface area contributed by atoms with Gasteiger partial charge >= 0.3 is 0 Å². The molecule has 1 spiro atoms. The molecule has 6 nitrogen and oxygen atoms in total. The summed E-state index contributed by atoms with van der Waals surface area (Å²) in [5.41, 5.74) is 2.53. The number of hydrogen-bond donors (Lipinski definition) is 2. The minimum absolute atomic E-state index is 0.0196. The van der Waals surface area contributed by atoms with Gasteiger partial charge in [0.2, 0.25) is 5.91 Å². The molecule has 0 bridgehead atoms. The number of rotatable bonds is 6. The van der Waals surface area contributed by atoms with Crippen LogP contribution in [0, 0.1) is 0 Å². The molecule has 150 valence electrons. The Morgan fingerprint density at radius 3 is 2.89 bits per heavy atom. The van der Waals surface area contributed by atoms with Crippen LogP contribution in [0.4, 0.5) is 0 Å². The number of imidazole rings is 1. The first kappa shape index (κ1) is 19.2. The molecule has 2 heterocycles. The van der Waals surface area contributed by atoms with Gasteiger partial charge in [0.25, 0.3) is 0 Å². The van der Waals surface area contributed by atoms with E-state index in [2.05, 4.69) is 51.4 Å². The molecule has 2 aliphatic rings. The number of amides is 1. The van der Waals surface area contributed by atoms with Crippen LogP contribution in [0.5, 0.6) is 0 Å². The van der Waals surface area contributed by atoms with Crippen LogP contribution in [0.25, 0.3) is 0 Å². The average Bonchev–Trinajstić information content (AvgIpc) is 3.28. The summed E-state index contributed by atoms with van der Waals surface area (Å²) in [7, 11) is 1.78. The first-order valence-electron chi connectivity index (χ1n) is 10.3. The van der Waals surface area contributed by atoms with Crippen molar-refractivity contribution in [3.63, 3.8) is 0 Å². The van der Waals surface area contributed by atoms with Crippen LogP contribution in [0.2, 0.25) is 0 Å². The molecule has 4 rings (SSSR count). The van der Waals surface area contributed by atoms with Crippen molar-refractivity contribution in [2.75, 3.05) is 20.2 Å². The van der Waals surface area contributed by atoms with E-state index in [0.29, 0.717) is 13.0 Å². The van der Waals surface area contributed by atoms with E-state index in [1.165, 1.54) is 11.1 Å². The van der Waals surface area contributed by atoms with Gasteiger partial charge in [0.05, 0.1) is 12.1 Å². The number of piperidine rings is 1. The summed E-state index contributed by atoms with van der Waals surface area (Å²) in [5.74, 6) is 1.08. The highest BCUT2D eigenvalue weighted by Crippen LogP contribution is 2.51. The second-order valence-corrected chi connectivity index (χ2v) is 7.84. The molecule has 1 aliphatic carbocycles. The van der Waals surface area contributed by atoms with Crippen LogP contribution in [0.1, 0.15) is 49.2 Å². The van der Waals surface area contributed by atoms with Crippen molar-refractivity contribution in [1.29, 1.82) is 0 Å². The summed E-state index contributed by atoms with van der Waals surface area (Å²) < 4.78 is 8.09. The maximum Gasteiger partial charge on any atom is 0.222 e. The summed E-state index contributed by atoms with van der Waals surface area (Å²) in [6.45, 7) is 4.69. The predicted octanol–water partition coefficient (Wildman–Crippen LogP) is 2.34. The molecule has 1 fully saturated rings. The molecule has 2 atom stereocenters. The maximum atomic E-state index is 12.8. The summed E-state index contributed by atoms with van der Waals surface area (Å²) in [4.78, 5) is 17.2. The lowest BCUT2D eigenvalue weighted by Gasteiger charge is -2.40. The van der Waals surface area contributed by atoms with Gasteiger partial charge in [-0.3, -0.25) is 4.79 Å². The number of hydrogen-bond acceptors (Lipinski definition) is 4. The first-order valence-corrected chi connectivity index (χ1v) is 10.3. The fourth-order valence-corrected chi connectivity index (χ4v) is 5.12. The van der Waals surface area contributed by atoms with Gasteiger partial charge in [-0.15, -0.1) is 0 Å². The largest absolute Gasteiger partial charge is 0.378 e. The number of fused-ring (bicyclic) bond motifs is 2. The third kappa shape index (κ3) is 3.25. The second kappa shape index (κ2) is 8.05. The normalized spacial score (nSPS) is 22.9. The fourth-order valence-electron chi connectivity index (χ4n) is 5.12. The Morgan fingerprint density at radius 2 is 2.14 bits per heavy atom. The van der Waals surface area contributed by atoms with E-state index < -0.39 is 0 Å². The molecule has 0 radical (unpaired) electrons. The number of methoxy groups -OCH3 is 1. The Bertz CT molecular complexity index is 825. The molecule has 1 amide bonds. The van der Waals surface area contributed by atoms with Gasteiger partial charge in [0.15, 0.2) is 0 Å². The molecular formula is C22H30N4O2. The third-order valence-corrected chi connectivity index (χ3v) is 6.44. The van der Waals surface area contributed by atoms with E-state index in [1.54, 1.807) is 13.3 Å². The molecule has 1 aromatic heterocycles. The van der Waals surface area contributed by atoms with Gasteiger partial charge in [0.1, 0.15) is 5.82 Å². The molecule has 6 heteroatoms. The van der Waals surface area contributed by atoms with Gasteiger partial charge in [-0.25, -0.2) is 4.98 Å². The number of aryl methyl sites for hydroxylation is 2. The Kier molecular flexibility index (Phi) is 5.51. The van der Waals surface area contributed by atoms with E-state index in [-0.39, 0.29) is 23.5 Å². The number of benzene rings is 1. The fraction of sp³-hybridized carbons (Fsp3) is 0.545. The van der Waals surface area contributed by atoms with Crippen molar-refractivity contribution in [3.05, 3.63) is 53.6 Å². The van der Waals surface area contributed by atoms with E-state index in [0.717, 1.165) is 38.2 Å². The highest BCUT2D eigenvalue weighted by Gasteiger charge is 2.53. The van der Waals surface area contributed by atoms with Crippen LogP contribution in [0.3, 0.4) is 0 Å². The average molecular weight is 383 g/mol. The quantitative estimate of drug-likeness (QED) is 0.805. The third-order valence-electron chi connectivity index (χ3n) is 6.44. The minimum Gasteiger partial charge on any atom is -0.378 e. The van der Waals surface area contributed by atoms with Crippen molar-refractivity contribution < 1.29 is 9.53 Å². The van der Waals surface area contributed by atoms with E-state index in [9.17, 15) is 4.79 Å². The number of carbonyl (C=O) groups is 1. The van der Waals surface area contributed by atoms with E-state index in [4.69, 9.17) is 4.74 Å². The number of nitrogens with one attached hydrogen (secondary N) is 2. The van der Waals surface area contributed by atoms with E-state index in [1.807, 2.05) is 6.20 Å². The zero-order chi connectivity index (χ0) is 19.6. The van der Waals surface area contributed by atoms with Crippen molar-refractivity contribution >= 4 is 5.91 Å². The molecule has 28 heavy (non-hydrogen) atoms. The maximum absolute atomic E-state index is 12.8. The number of aromatic nitrogens is 2. The molecule has 1 aliphatic heterocycles. The van der Waals surface area contributed by atoms with Crippen LogP contribution in [-0.4, -0.2) is 41.8 Å². The molecule has 0 saturated carbocycles. The lowest BCUT2D eigenvalue weighted by atomic mass is 9.72. The highest BCUT2D eigenvalue weighted by atomic mass is 16.5. The van der Waals surface area contributed by atoms with Crippen molar-refractivity contribution in [2.45, 2.75) is 56.7 Å². The summed E-state index contributed by atoms with van der Waals surface area (Å²) in [6.07, 6.45) is 7.08. The Hall–Kier alpha value is -2.18. The molecule has 2 N–H and O–H groups in total. The number of ether oxygens (including phenoxy) is 1. The lowest BCUT2D eigenvalue weighted by Crippen LogP contribution is -2.49. The molecule has 1 aromatic carbocycles. The molecule has 1 saturated heterocycles. The van der Waals surface area contributed by atoms with E-state index >= 15 is 0 Å². The number of nitrogens with zero attached hydrogens (tertiary/aromatic N) is 2. The van der Waals surface area contributed by atoms with Gasteiger partial charge < -0.3 is 19.9 Å². The molecule has 2 aromatic rings. The van der Waals surface area contributed by atoms with Crippen molar-refractivity contribution in [2.24, 2.45) is 0 Å².